The first-order valence-electron chi connectivity index (χ1n) is 6.90. The number of nitrogens with one attached hydrogen (secondary N) is 2. The Morgan fingerprint density at radius 1 is 1.04 bits per heavy atom. The Bertz CT molecular complexity index is 771. The molecule has 24 heavy (non-hydrogen) atoms. The third kappa shape index (κ3) is 4.63. The molecule has 128 valence electrons. The lowest BCUT2D eigenvalue weighted by Gasteiger charge is -2.16. The van der Waals surface area contributed by atoms with Crippen molar-refractivity contribution in [1.82, 2.24) is 5.32 Å². The van der Waals surface area contributed by atoms with Crippen LogP contribution in [-0.2, 0) is 4.79 Å². The minimum atomic E-state index is -1.06. The largest absolute Gasteiger partial charge is 0.325 e. The summed E-state index contributed by atoms with van der Waals surface area (Å²) >= 11 is 11.6. The highest BCUT2D eigenvalue weighted by atomic mass is 35.5. The van der Waals surface area contributed by atoms with Crippen LogP contribution in [0.2, 0.25) is 10.0 Å². The second-order valence-corrected chi connectivity index (χ2v) is 5.88. The average Bonchev–Trinajstić information content (AvgIpc) is 2.52. The van der Waals surface area contributed by atoms with Crippen molar-refractivity contribution in [2.75, 3.05) is 11.9 Å². The number of anilines is 1. The summed E-state index contributed by atoms with van der Waals surface area (Å²) in [6.07, 6.45) is 0. The Balaban J connectivity index is 1.96. The highest BCUT2D eigenvalue weighted by molar-refractivity contribution is 6.35. The SMILES string of the molecule is C[C@H](NCC(=O)Nc1ccc(F)c(F)c1)c1cc(F)c(Cl)cc1Cl. The van der Waals surface area contributed by atoms with Gasteiger partial charge < -0.3 is 10.6 Å². The van der Waals surface area contributed by atoms with E-state index in [2.05, 4.69) is 10.6 Å². The highest BCUT2D eigenvalue weighted by Crippen LogP contribution is 2.28. The maximum Gasteiger partial charge on any atom is 0.238 e. The standard InChI is InChI=1S/C16H13Cl2F3N2O/c1-8(10-5-14(20)12(18)6-11(10)17)22-7-16(24)23-9-2-3-13(19)15(21)4-9/h2-6,8,22H,7H2,1H3,(H,23,24)/t8-/m0/s1. The number of benzene rings is 2. The minimum Gasteiger partial charge on any atom is -0.325 e. The fraction of sp³-hybridized carbons (Fsp3) is 0.188. The Labute approximate surface area is 146 Å². The van der Waals surface area contributed by atoms with Gasteiger partial charge in [0.1, 0.15) is 5.82 Å². The molecular weight excluding hydrogens is 364 g/mol. The van der Waals surface area contributed by atoms with Crippen LogP contribution < -0.4 is 10.6 Å². The highest BCUT2D eigenvalue weighted by Gasteiger charge is 2.14. The van der Waals surface area contributed by atoms with Crippen molar-refractivity contribution >= 4 is 34.8 Å². The van der Waals surface area contributed by atoms with E-state index < -0.39 is 29.4 Å². The van der Waals surface area contributed by atoms with E-state index in [-0.39, 0.29) is 22.3 Å². The monoisotopic (exact) mass is 376 g/mol. The van der Waals surface area contributed by atoms with Gasteiger partial charge in [-0.25, -0.2) is 13.2 Å². The maximum absolute atomic E-state index is 13.5. The van der Waals surface area contributed by atoms with E-state index in [9.17, 15) is 18.0 Å². The summed E-state index contributed by atoms with van der Waals surface area (Å²) in [4.78, 5) is 11.8. The molecule has 0 radical (unpaired) electrons. The quantitative estimate of drug-likeness (QED) is 0.742. The minimum absolute atomic E-state index is 0.0907. The predicted molar refractivity (Wildman–Crippen MR) is 87.8 cm³/mol. The molecule has 2 aromatic carbocycles. The predicted octanol–water partition coefficient (Wildman–Crippen LogP) is 4.70. The van der Waals surface area contributed by atoms with E-state index in [0.29, 0.717) is 5.56 Å². The fourth-order valence-corrected chi connectivity index (χ4v) is 2.55. The van der Waals surface area contributed by atoms with Crippen molar-refractivity contribution in [3.63, 3.8) is 0 Å². The van der Waals surface area contributed by atoms with Crippen molar-refractivity contribution in [3.8, 4) is 0 Å². The number of carbonyl (C=O) groups excluding carboxylic acids is 1. The molecule has 0 aromatic heterocycles. The molecule has 0 spiro atoms. The summed E-state index contributed by atoms with van der Waals surface area (Å²) in [5, 5.41) is 5.45. The van der Waals surface area contributed by atoms with Crippen molar-refractivity contribution in [2.24, 2.45) is 0 Å². The molecule has 2 rings (SSSR count). The van der Waals surface area contributed by atoms with E-state index in [4.69, 9.17) is 23.2 Å². The van der Waals surface area contributed by atoms with Gasteiger partial charge in [0, 0.05) is 22.8 Å². The molecule has 8 heteroatoms. The van der Waals surface area contributed by atoms with E-state index >= 15 is 0 Å². The van der Waals surface area contributed by atoms with Crippen LogP contribution in [0.1, 0.15) is 18.5 Å². The summed E-state index contributed by atoms with van der Waals surface area (Å²) in [7, 11) is 0. The summed E-state index contributed by atoms with van der Waals surface area (Å²) < 4.78 is 39.4. The van der Waals surface area contributed by atoms with Gasteiger partial charge in [-0.3, -0.25) is 4.79 Å². The molecular formula is C16H13Cl2F3N2O. The molecule has 3 nitrogen and oxygen atoms in total. The average molecular weight is 377 g/mol. The molecule has 0 fully saturated rings. The lowest BCUT2D eigenvalue weighted by Crippen LogP contribution is -2.30. The summed E-state index contributed by atoms with van der Waals surface area (Å²) in [5.74, 6) is -3.15. The zero-order valence-corrected chi connectivity index (χ0v) is 14.0. The lowest BCUT2D eigenvalue weighted by atomic mass is 10.1. The van der Waals surface area contributed by atoms with Gasteiger partial charge in [-0.1, -0.05) is 23.2 Å². The molecule has 0 aliphatic rings. The molecule has 0 aliphatic heterocycles. The smallest absolute Gasteiger partial charge is 0.238 e. The van der Waals surface area contributed by atoms with Crippen LogP contribution in [0.25, 0.3) is 0 Å². The molecule has 0 unspecified atom stereocenters. The first kappa shape index (κ1) is 18.6. The van der Waals surface area contributed by atoms with Crippen LogP contribution in [0.3, 0.4) is 0 Å². The first-order valence-corrected chi connectivity index (χ1v) is 7.66. The maximum atomic E-state index is 13.5. The molecule has 0 aliphatic carbocycles. The molecule has 1 atom stereocenters. The topological polar surface area (TPSA) is 41.1 Å². The summed E-state index contributed by atoms with van der Waals surface area (Å²) in [6.45, 7) is 1.56. The van der Waals surface area contributed by atoms with Crippen molar-refractivity contribution in [1.29, 1.82) is 0 Å². The second-order valence-electron chi connectivity index (χ2n) is 5.07. The van der Waals surface area contributed by atoms with Gasteiger partial charge in [-0.2, -0.15) is 0 Å². The third-order valence-corrected chi connectivity index (χ3v) is 3.90. The third-order valence-electron chi connectivity index (χ3n) is 3.28. The zero-order valence-electron chi connectivity index (χ0n) is 12.5. The first-order chi connectivity index (χ1) is 11.3. The van der Waals surface area contributed by atoms with Crippen LogP contribution in [0.4, 0.5) is 18.9 Å². The van der Waals surface area contributed by atoms with Gasteiger partial charge in [-0.05, 0) is 36.8 Å². The number of rotatable bonds is 5. The normalized spacial score (nSPS) is 12.1. The molecule has 0 saturated heterocycles. The second kappa shape index (κ2) is 7.88. The van der Waals surface area contributed by atoms with Crippen LogP contribution in [0, 0.1) is 17.5 Å². The van der Waals surface area contributed by atoms with Crippen LogP contribution in [0.5, 0.6) is 0 Å². The number of carbonyl (C=O) groups is 1. The van der Waals surface area contributed by atoms with Gasteiger partial charge in [0.15, 0.2) is 11.6 Å². The van der Waals surface area contributed by atoms with Gasteiger partial charge in [0.05, 0.1) is 11.6 Å². The van der Waals surface area contributed by atoms with Crippen LogP contribution >= 0.6 is 23.2 Å². The summed E-state index contributed by atoms with van der Waals surface area (Å²) in [6, 6.07) is 5.08. The van der Waals surface area contributed by atoms with Crippen LogP contribution in [-0.4, -0.2) is 12.5 Å². The molecule has 1 amide bonds. The van der Waals surface area contributed by atoms with Crippen molar-refractivity contribution < 1.29 is 18.0 Å². The van der Waals surface area contributed by atoms with E-state index in [1.54, 1.807) is 6.92 Å². The Kier molecular flexibility index (Phi) is 6.10. The molecule has 0 bridgehead atoms. The number of hydrogen-bond acceptors (Lipinski definition) is 2. The van der Waals surface area contributed by atoms with E-state index in [1.807, 2.05) is 0 Å². The fourth-order valence-electron chi connectivity index (χ4n) is 2.00. The van der Waals surface area contributed by atoms with Gasteiger partial charge in [-0.15, -0.1) is 0 Å². The zero-order chi connectivity index (χ0) is 17.9. The van der Waals surface area contributed by atoms with E-state index in [1.165, 1.54) is 18.2 Å². The molecule has 2 aromatic rings. The Morgan fingerprint density at radius 3 is 2.42 bits per heavy atom. The Hall–Kier alpha value is -1.76. The summed E-state index contributed by atoms with van der Waals surface area (Å²) in [5.41, 5.74) is 0.572. The van der Waals surface area contributed by atoms with Gasteiger partial charge in [0.25, 0.3) is 0 Å². The van der Waals surface area contributed by atoms with Gasteiger partial charge in [0.2, 0.25) is 5.91 Å². The molecule has 0 saturated carbocycles. The molecule has 0 heterocycles. The van der Waals surface area contributed by atoms with E-state index in [0.717, 1.165) is 12.1 Å². The van der Waals surface area contributed by atoms with Gasteiger partial charge >= 0.3 is 0 Å². The number of halogens is 5. The van der Waals surface area contributed by atoms with Crippen LogP contribution in [0.15, 0.2) is 30.3 Å². The number of hydrogen-bond donors (Lipinski definition) is 2. The number of amides is 1. The van der Waals surface area contributed by atoms with Crippen molar-refractivity contribution in [2.45, 2.75) is 13.0 Å². The van der Waals surface area contributed by atoms with Crippen molar-refractivity contribution in [3.05, 3.63) is 63.4 Å². The molecule has 2 N–H and O–H groups in total. The lowest BCUT2D eigenvalue weighted by molar-refractivity contribution is -0.115. The Morgan fingerprint density at radius 2 is 1.75 bits per heavy atom.